The lowest BCUT2D eigenvalue weighted by atomic mass is 10.2. The molecule has 38 valence electrons. The van der Waals surface area contributed by atoms with Crippen molar-refractivity contribution in [3.8, 4) is 0 Å². The Morgan fingerprint density at radius 1 is 1.71 bits per heavy atom. The van der Waals surface area contributed by atoms with Crippen molar-refractivity contribution < 1.29 is 4.74 Å². The van der Waals surface area contributed by atoms with E-state index >= 15 is 0 Å². The fourth-order valence-corrected chi connectivity index (χ4v) is 0.493. The molecule has 1 rings (SSSR count). The minimum Gasteiger partial charge on any atom is -0.473 e. The summed E-state index contributed by atoms with van der Waals surface area (Å²) in [6.07, 6.45) is 6.50. The Labute approximate surface area is 43.3 Å². The number of ether oxygens (including phenoxy) is 1. The Hall–Kier alpha value is -0.720. The first-order valence-electron chi connectivity index (χ1n) is 2.36. The van der Waals surface area contributed by atoms with Gasteiger partial charge < -0.3 is 4.74 Å². The number of hydrogen-bond donors (Lipinski definition) is 0. The lowest BCUT2D eigenvalue weighted by molar-refractivity contribution is 0.388. The van der Waals surface area contributed by atoms with E-state index in [0.717, 1.165) is 6.42 Å². The molecule has 0 N–H and O–H groups in total. The van der Waals surface area contributed by atoms with Gasteiger partial charge in [-0.15, -0.1) is 0 Å². The lowest BCUT2D eigenvalue weighted by Crippen LogP contribution is -1.80. The zero-order chi connectivity index (χ0) is 5.11. The number of hydrogen-bond acceptors (Lipinski definition) is 1. The van der Waals surface area contributed by atoms with Crippen LogP contribution in [0.2, 0.25) is 0 Å². The van der Waals surface area contributed by atoms with Gasteiger partial charge in [0.2, 0.25) is 0 Å². The van der Waals surface area contributed by atoms with E-state index in [9.17, 15) is 0 Å². The monoisotopic (exact) mass is 96.1 g/mol. The molecule has 1 heteroatoms. The molecule has 0 unspecified atom stereocenters. The molecule has 0 radical (unpaired) electrons. The Balaban J connectivity index is 2.50. The molecule has 1 heterocycles. The fourth-order valence-electron chi connectivity index (χ4n) is 0.493. The van der Waals surface area contributed by atoms with E-state index in [4.69, 9.17) is 4.74 Å². The summed E-state index contributed by atoms with van der Waals surface area (Å²) in [5.74, 6) is 0. The lowest BCUT2D eigenvalue weighted by Gasteiger charge is -1.99. The molecule has 0 aromatic carbocycles. The van der Waals surface area contributed by atoms with Crippen LogP contribution in [-0.4, -0.2) is 0 Å². The van der Waals surface area contributed by atoms with E-state index in [0.29, 0.717) is 0 Å². The van der Waals surface area contributed by atoms with Crippen LogP contribution in [0.15, 0.2) is 24.2 Å². The molecule has 0 aliphatic carbocycles. The van der Waals surface area contributed by atoms with Crippen LogP contribution in [0.5, 0.6) is 0 Å². The van der Waals surface area contributed by atoms with Gasteiger partial charge in [0.15, 0.2) is 0 Å². The number of allylic oxidation sites excluding steroid dienone is 2. The largest absolute Gasteiger partial charge is 0.473 e. The molecule has 0 aromatic heterocycles. The SMILES string of the molecule is CC1=COC=CC1. The van der Waals surface area contributed by atoms with Gasteiger partial charge in [-0.3, -0.25) is 0 Å². The van der Waals surface area contributed by atoms with E-state index in [2.05, 4.69) is 0 Å². The highest BCUT2D eigenvalue weighted by Gasteiger charge is 1.88. The minimum absolute atomic E-state index is 1.04. The zero-order valence-electron chi connectivity index (χ0n) is 4.35. The maximum atomic E-state index is 4.84. The highest BCUT2D eigenvalue weighted by Crippen LogP contribution is 2.05. The van der Waals surface area contributed by atoms with Gasteiger partial charge in [0, 0.05) is 0 Å². The standard InChI is InChI=1S/C6H8O/c1-6-3-2-4-7-5-6/h2,4-5H,3H2,1H3. The molecule has 0 saturated heterocycles. The van der Waals surface area contributed by atoms with Crippen molar-refractivity contribution in [1.82, 2.24) is 0 Å². The average Bonchev–Trinajstić information content (AvgIpc) is 1.69. The van der Waals surface area contributed by atoms with Crippen molar-refractivity contribution in [3.63, 3.8) is 0 Å². The van der Waals surface area contributed by atoms with Crippen LogP contribution in [-0.2, 0) is 4.74 Å². The second kappa shape index (κ2) is 1.82. The van der Waals surface area contributed by atoms with Gasteiger partial charge in [-0.25, -0.2) is 0 Å². The third kappa shape index (κ3) is 1.07. The molecule has 0 fully saturated rings. The quantitative estimate of drug-likeness (QED) is 0.447. The Morgan fingerprint density at radius 2 is 2.57 bits per heavy atom. The number of rotatable bonds is 0. The van der Waals surface area contributed by atoms with E-state index in [1.165, 1.54) is 5.57 Å². The van der Waals surface area contributed by atoms with Gasteiger partial charge in [0.25, 0.3) is 0 Å². The maximum Gasteiger partial charge on any atom is 0.0893 e. The second-order valence-electron chi connectivity index (χ2n) is 1.68. The van der Waals surface area contributed by atoms with Gasteiger partial charge in [0.1, 0.15) is 0 Å². The van der Waals surface area contributed by atoms with Crippen LogP contribution in [0.25, 0.3) is 0 Å². The van der Waals surface area contributed by atoms with Crippen LogP contribution in [0.1, 0.15) is 13.3 Å². The second-order valence-corrected chi connectivity index (χ2v) is 1.68. The molecule has 1 aliphatic heterocycles. The Bertz CT molecular complexity index is 111. The van der Waals surface area contributed by atoms with Gasteiger partial charge >= 0.3 is 0 Å². The first kappa shape index (κ1) is 4.44. The summed E-state index contributed by atoms with van der Waals surface area (Å²) in [6.45, 7) is 2.05. The van der Waals surface area contributed by atoms with Gasteiger partial charge in [0.05, 0.1) is 12.5 Å². The van der Waals surface area contributed by atoms with Crippen molar-refractivity contribution in [2.45, 2.75) is 13.3 Å². The van der Waals surface area contributed by atoms with E-state index in [1.807, 2.05) is 13.0 Å². The van der Waals surface area contributed by atoms with Crippen molar-refractivity contribution in [2.75, 3.05) is 0 Å². The van der Waals surface area contributed by atoms with Crippen LogP contribution in [0, 0.1) is 0 Å². The summed E-state index contributed by atoms with van der Waals surface area (Å²) in [5.41, 5.74) is 1.28. The predicted octanol–water partition coefficient (Wildman–Crippen LogP) is 1.82. The molecular weight excluding hydrogens is 88.1 g/mol. The van der Waals surface area contributed by atoms with Crippen molar-refractivity contribution in [1.29, 1.82) is 0 Å². The van der Waals surface area contributed by atoms with E-state index in [1.54, 1.807) is 12.5 Å². The predicted molar refractivity (Wildman–Crippen MR) is 28.6 cm³/mol. The molecule has 0 amide bonds. The molecule has 0 saturated carbocycles. The molecule has 0 spiro atoms. The molecule has 1 nitrogen and oxygen atoms in total. The van der Waals surface area contributed by atoms with Gasteiger partial charge in [-0.2, -0.15) is 0 Å². The highest BCUT2D eigenvalue weighted by atomic mass is 16.5. The highest BCUT2D eigenvalue weighted by molar-refractivity contribution is 5.04. The normalized spacial score (nSPS) is 18.1. The van der Waals surface area contributed by atoms with Crippen molar-refractivity contribution in [2.24, 2.45) is 0 Å². The summed E-state index contributed by atoms with van der Waals surface area (Å²) in [6, 6.07) is 0. The van der Waals surface area contributed by atoms with E-state index in [-0.39, 0.29) is 0 Å². The van der Waals surface area contributed by atoms with Crippen LogP contribution >= 0.6 is 0 Å². The average molecular weight is 96.1 g/mol. The fraction of sp³-hybridized carbons (Fsp3) is 0.333. The summed E-state index contributed by atoms with van der Waals surface area (Å²) in [5, 5.41) is 0. The summed E-state index contributed by atoms with van der Waals surface area (Å²) in [7, 11) is 0. The third-order valence-electron chi connectivity index (χ3n) is 0.884. The summed E-state index contributed by atoms with van der Waals surface area (Å²) < 4.78 is 4.84. The molecule has 7 heavy (non-hydrogen) atoms. The van der Waals surface area contributed by atoms with Gasteiger partial charge in [-0.05, 0) is 25.0 Å². The maximum absolute atomic E-state index is 4.84. The Kier molecular flexibility index (Phi) is 1.16. The van der Waals surface area contributed by atoms with Crippen LogP contribution in [0.4, 0.5) is 0 Å². The van der Waals surface area contributed by atoms with Crippen LogP contribution < -0.4 is 0 Å². The molecular formula is C6H8O. The molecule has 0 aromatic rings. The van der Waals surface area contributed by atoms with E-state index < -0.39 is 0 Å². The minimum atomic E-state index is 1.04. The van der Waals surface area contributed by atoms with Crippen molar-refractivity contribution >= 4 is 0 Å². The molecule has 0 bridgehead atoms. The zero-order valence-corrected chi connectivity index (χ0v) is 4.35. The van der Waals surface area contributed by atoms with Gasteiger partial charge in [-0.1, -0.05) is 0 Å². The summed E-state index contributed by atoms with van der Waals surface area (Å²) in [4.78, 5) is 0. The Morgan fingerprint density at radius 3 is 2.86 bits per heavy atom. The van der Waals surface area contributed by atoms with Crippen LogP contribution in [0.3, 0.4) is 0 Å². The molecule has 1 aliphatic rings. The smallest absolute Gasteiger partial charge is 0.0893 e. The summed E-state index contributed by atoms with van der Waals surface area (Å²) >= 11 is 0. The van der Waals surface area contributed by atoms with Crippen molar-refractivity contribution in [3.05, 3.63) is 24.2 Å². The third-order valence-corrected chi connectivity index (χ3v) is 0.884. The first-order chi connectivity index (χ1) is 3.39. The molecule has 0 atom stereocenters. The first-order valence-corrected chi connectivity index (χ1v) is 2.36. The topological polar surface area (TPSA) is 9.23 Å².